The average Bonchev–Trinajstić information content (AvgIpc) is 2.82. The largest absolute Gasteiger partial charge is 0.494 e. The molecular weight excluding hydrogens is 296 g/mol. The number of amides is 2. The highest BCUT2D eigenvalue weighted by atomic mass is 16.5. The number of carbonyl (C=O) groups excluding carboxylic acids is 2. The topological polar surface area (TPSA) is 59.1 Å². The van der Waals surface area contributed by atoms with Gasteiger partial charge in [-0.1, -0.05) is 12.1 Å². The van der Waals surface area contributed by atoms with Gasteiger partial charge >= 0.3 is 6.09 Å². The second kappa shape index (κ2) is 8.41. The highest BCUT2D eigenvalue weighted by Crippen LogP contribution is 2.14. The van der Waals surface area contributed by atoms with Gasteiger partial charge in [-0.15, -0.1) is 0 Å². The molecule has 0 spiro atoms. The normalized spacial score (nSPS) is 15.0. The molecule has 0 radical (unpaired) electrons. The molecule has 6 nitrogen and oxygen atoms in total. The molecule has 1 fully saturated rings. The van der Waals surface area contributed by atoms with E-state index in [-0.39, 0.29) is 12.0 Å². The zero-order chi connectivity index (χ0) is 16.7. The second-order valence-electron chi connectivity index (χ2n) is 5.45. The van der Waals surface area contributed by atoms with Crippen molar-refractivity contribution in [2.45, 2.75) is 19.8 Å². The van der Waals surface area contributed by atoms with Crippen molar-refractivity contribution in [3.63, 3.8) is 0 Å². The highest BCUT2D eigenvalue weighted by molar-refractivity contribution is 5.79. The molecule has 0 N–H and O–H groups in total. The molecule has 2 rings (SSSR count). The van der Waals surface area contributed by atoms with E-state index in [1.165, 1.54) is 7.11 Å². The standard InChI is InChI=1S/C17H24N2O4/c1-3-23-15-7-5-14(6-8-15)13-16(20)18-9-4-10-19(12-11-18)17(21)22-2/h5-8H,3-4,9-13H2,1-2H3. The Labute approximate surface area is 137 Å². The van der Waals surface area contributed by atoms with Crippen LogP contribution < -0.4 is 4.74 Å². The zero-order valence-corrected chi connectivity index (χ0v) is 13.8. The predicted octanol–water partition coefficient (Wildman–Crippen LogP) is 1.93. The first-order valence-electron chi connectivity index (χ1n) is 7.96. The Hall–Kier alpha value is -2.24. The van der Waals surface area contributed by atoms with Crippen LogP contribution in [0.4, 0.5) is 4.79 Å². The number of methoxy groups -OCH3 is 1. The quantitative estimate of drug-likeness (QED) is 0.850. The van der Waals surface area contributed by atoms with Crippen LogP contribution in [0.5, 0.6) is 5.75 Å². The molecule has 0 bridgehead atoms. The Balaban J connectivity index is 1.89. The molecule has 0 aliphatic carbocycles. The van der Waals surface area contributed by atoms with Crippen molar-refractivity contribution >= 4 is 12.0 Å². The van der Waals surface area contributed by atoms with Crippen molar-refractivity contribution in [2.75, 3.05) is 39.9 Å². The van der Waals surface area contributed by atoms with Crippen LogP contribution in [0.2, 0.25) is 0 Å². The van der Waals surface area contributed by atoms with Crippen LogP contribution in [0.3, 0.4) is 0 Å². The van der Waals surface area contributed by atoms with E-state index in [1.807, 2.05) is 36.1 Å². The fraction of sp³-hybridized carbons (Fsp3) is 0.529. The summed E-state index contributed by atoms with van der Waals surface area (Å²) in [5.41, 5.74) is 0.965. The van der Waals surface area contributed by atoms with Crippen LogP contribution in [0.15, 0.2) is 24.3 Å². The molecule has 23 heavy (non-hydrogen) atoms. The number of benzene rings is 1. The predicted molar refractivity (Wildman–Crippen MR) is 86.5 cm³/mol. The molecule has 6 heteroatoms. The minimum absolute atomic E-state index is 0.0841. The molecule has 1 aromatic carbocycles. The fourth-order valence-electron chi connectivity index (χ4n) is 2.64. The van der Waals surface area contributed by atoms with E-state index < -0.39 is 0 Å². The molecule has 0 aromatic heterocycles. The lowest BCUT2D eigenvalue weighted by Crippen LogP contribution is -2.37. The molecule has 0 saturated carbocycles. The van der Waals surface area contributed by atoms with Crippen molar-refractivity contribution in [1.82, 2.24) is 9.80 Å². The third kappa shape index (κ3) is 4.87. The number of rotatable bonds is 4. The van der Waals surface area contributed by atoms with Crippen molar-refractivity contribution in [1.29, 1.82) is 0 Å². The summed E-state index contributed by atoms with van der Waals surface area (Å²) in [7, 11) is 1.38. The Bertz CT molecular complexity index is 530. The Kier molecular flexibility index (Phi) is 6.26. The summed E-state index contributed by atoms with van der Waals surface area (Å²) < 4.78 is 10.1. The summed E-state index contributed by atoms with van der Waals surface area (Å²) in [6.07, 6.45) is 0.806. The molecule has 1 aliphatic rings. The fourth-order valence-corrected chi connectivity index (χ4v) is 2.64. The summed E-state index contributed by atoms with van der Waals surface area (Å²) in [5, 5.41) is 0. The van der Waals surface area contributed by atoms with E-state index in [4.69, 9.17) is 9.47 Å². The van der Waals surface area contributed by atoms with Crippen molar-refractivity contribution in [3.05, 3.63) is 29.8 Å². The minimum Gasteiger partial charge on any atom is -0.494 e. The number of ether oxygens (including phenoxy) is 2. The SMILES string of the molecule is CCOc1ccc(CC(=O)N2CCCN(C(=O)OC)CC2)cc1. The average molecular weight is 320 g/mol. The summed E-state index contributed by atoms with van der Waals surface area (Å²) in [5.74, 6) is 0.896. The molecule has 0 atom stereocenters. The van der Waals surface area contributed by atoms with Crippen LogP contribution in [0.1, 0.15) is 18.9 Å². The van der Waals surface area contributed by atoms with Crippen molar-refractivity contribution in [2.24, 2.45) is 0 Å². The van der Waals surface area contributed by atoms with Crippen molar-refractivity contribution in [3.8, 4) is 5.75 Å². The Morgan fingerprint density at radius 3 is 2.35 bits per heavy atom. The van der Waals surface area contributed by atoms with Gasteiger partial charge in [-0.2, -0.15) is 0 Å². The maximum Gasteiger partial charge on any atom is 0.409 e. The van der Waals surface area contributed by atoms with Crippen LogP contribution in [0.25, 0.3) is 0 Å². The van der Waals surface area contributed by atoms with Crippen LogP contribution in [-0.4, -0.2) is 61.7 Å². The van der Waals surface area contributed by atoms with E-state index in [9.17, 15) is 9.59 Å². The van der Waals surface area contributed by atoms with E-state index in [1.54, 1.807) is 4.90 Å². The van der Waals surface area contributed by atoms with Gasteiger partial charge in [0.05, 0.1) is 20.1 Å². The third-order valence-electron chi connectivity index (χ3n) is 3.87. The van der Waals surface area contributed by atoms with Gasteiger partial charge in [-0.05, 0) is 31.0 Å². The van der Waals surface area contributed by atoms with Gasteiger partial charge in [0, 0.05) is 26.2 Å². The molecule has 2 amide bonds. The molecule has 1 heterocycles. The zero-order valence-electron chi connectivity index (χ0n) is 13.8. The summed E-state index contributed by atoms with van der Waals surface area (Å²) in [6.45, 7) is 4.92. The molecule has 1 aromatic rings. The van der Waals surface area contributed by atoms with Gasteiger partial charge in [0.1, 0.15) is 5.75 Å². The maximum atomic E-state index is 12.4. The van der Waals surface area contributed by atoms with Gasteiger partial charge in [-0.3, -0.25) is 4.79 Å². The van der Waals surface area contributed by atoms with Gasteiger partial charge in [0.15, 0.2) is 0 Å². The first-order chi connectivity index (χ1) is 11.1. The van der Waals surface area contributed by atoms with Gasteiger partial charge < -0.3 is 19.3 Å². The van der Waals surface area contributed by atoms with Crippen molar-refractivity contribution < 1.29 is 19.1 Å². The number of carbonyl (C=O) groups is 2. The smallest absolute Gasteiger partial charge is 0.409 e. The monoisotopic (exact) mass is 320 g/mol. The van der Waals surface area contributed by atoms with Gasteiger partial charge in [0.25, 0.3) is 0 Å². The summed E-state index contributed by atoms with van der Waals surface area (Å²) >= 11 is 0. The first-order valence-corrected chi connectivity index (χ1v) is 7.96. The molecule has 1 saturated heterocycles. The van der Waals surface area contributed by atoms with E-state index in [0.29, 0.717) is 39.2 Å². The maximum absolute atomic E-state index is 12.4. The number of hydrogen-bond donors (Lipinski definition) is 0. The van der Waals surface area contributed by atoms with Crippen LogP contribution in [-0.2, 0) is 16.0 Å². The van der Waals surface area contributed by atoms with Crippen LogP contribution in [0, 0.1) is 0 Å². The lowest BCUT2D eigenvalue weighted by atomic mass is 10.1. The van der Waals surface area contributed by atoms with Crippen LogP contribution >= 0.6 is 0 Å². The molecule has 0 unspecified atom stereocenters. The lowest BCUT2D eigenvalue weighted by molar-refractivity contribution is -0.130. The molecular formula is C17H24N2O4. The van der Waals surface area contributed by atoms with Gasteiger partial charge in [-0.25, -0.2) is 4.79 Å². The second-order valence-corrected chi connectivity index (χ2v) is 5.45. The molecule has 1 aliphatic heterocycles. The highest BCUT2D eigenvalue weighted by Gasteiger charge is 2.22. The Morgan fingerprint density at radius 2 is 1.70 bits per heavy atom. The van der Waals surface area contributed by atoms with E-state index in [2.05, 4.69) is 0 Å². The van der Waals surface area contributed by atoms with Gasteiger partial charge in [0.2, 0.25) is 5.91 Å². The first kappa shape index (κ1) is 17.1. The number of nitrogens with zero attached hydrogens (tertiary/aromatic N) is 2. The summed E-state index contributed by atoms with van der Waals surface area (Å²) in [6, 6.07) is 7.60. The lowest BCUT2D eigenvalue weighted by Gasteiger charge is -2.21. The summed E-state index contributed by atoms with van der Waals surface area (Å²) in [4.78, 5) is 27.5. The van der Waals surface area contributed by atoms with E-state index in [0.717, 1.165) is 17.7 Å². The Morgan fingerprint density at radius 1 is 1.04 bits per heavy atom. The minimum atomic E-state index is -0.328. The van der Waals surface area contributed by atoms with E-state index >= 15 is 0 Å². The molecule has 126 valence electrons. The number of hydrogen-bond acceptors (Lipinski definition) is 4. The third-order valence-corrected chi connectivity index (χ3v) is 3.87.